The molecule has 3 aliphatic rings. The maximum Gasteiger partial charge on any atom is 0.372 e. The lowest BCUT2D eigenvalue weighted by atomic mass is 9.92. The molecule has 3 heterocycles. The van der Waals surface area contributed by atoms with E-state index in [0.717, 1.165) is 24.3 Å². The second kappa shape index (κ2) is 5.15. The highest BCUT2D eigenvalue weighted by Crippen LogP contribution is 2.28. The van der Waals surface area contributed by atoms with Crippen LogP contribution < -0.4 is 9.80 Å². The van der Waals surface area contributed by atoms with Crippen molar-refractivity contribution in [2.24, 2.45) is 11.8 Å². The van der Waals surface area contributed by atoms with Crippen LogP contribution in [0, 0.1) is 11.8 Å². The van der Waals surface area contributed by atoms with E-state index in [1.807, 2.05) is 27.7 Å². The van der Waals surface area contributed by atoms with E-state index < -0.39 is 24.5 Å². The van der Waals surface area contributed by atoms with Crippen LogP contribution in [0.3, 0.4) is 0 Å². The van der Waals surface area contributed by atoms with E-state index in [-0.39, 0.29) is 23.9 Å². The zero-order chi connectivity index (χ0) is 15.5. The highest BCUT2D eigenvalue weighted by Gasteiger charge is 2.73. The van der Waals surface area contributed by atoms with Crippen molar-refractivity contribution >= 4 is 0 Å². The fourth-order valence-electron chi connectivity index (χ4n) is 4.74. The molecule has 0 spiro atoms. The molecule has 2 unspecified atom stereocenters. The van der Waals surface area contributed by atoms with E-state index in [9.17, 15) is 15.3 Å². The number of piperazine rings is 1. The largest absolute Gasteiger partial charge is 0.372 e. The molecule has 122 valence electrons. The Hall–Kier alpha value is -0.240. The Bertz CT molecular complexity index is 405. The fourth-order valence-corrected chi connectivity index (χ4v) is 4.74. The molecule has 0 radical (unpaired) electrons. The van der Waals surface area contributed by atoms with Gasteiger partial charge in [0.25, 0.3) is 0 Å². The molecule has 3 rings (SSSR count). The van der Waals surface area contributed by atoms with Crippen LogP contribution in [0.5, 0.6) is 0 Å². The average Bonchev–Trinajstić information content (AvgIpc) is 2.97. The van der Waals surface area contributed by atoms with Gasteiger partial charge in [-0.3, -0.25) is 9.64 Å². The number of aliphatic hydroxyl groups excluding tert-OH is 2. The second-order valence-corrected chi connectivity index (χ2v) is 7.66. The van der Waals surface area contributed by atoms with Gasteiger partial charge >= 0.3 is 5.91 Å². The summed E-state index contributed by atoms with van der Waals surface area (Å²) in [6.45, 7) is 8.92. The van der Waals surface area contributed by atoms with Crippen LogP contribution in [0.25, 0.3) is 0 Å². The smallest absolute Gasteiger partial charge is 0.343 e. The molecule has 0 bridgehead atoms. The highest BCUT2D eigenvalue weighted by atomic mass is 16.7. The van der Waals surface area contributed by atoms with Crippen LogP contribution in [0.2, 0.25) is 0 Å². The lowest BCUT2D eigenvalue weighted by Crippen LogP contribution is -3.40. The number of quaternary nitrogens is 2. The summed E-state index contributed by atoms with van der Waals surface area (Å²) >= 11 is 0. The molecule has 3 saturated heterocycles. The van der Waals surface area contributed by atoms with E-state index in [2.05, 4.69) is 0 Å². The Balaban J connectivity index is 2.03. The van der Waals surface area contributed by atoms with Gasteiger partial charge in [0.1, 0.15) is 6.10 Å². The molecule has 3 aliphatic heterocycles. The topological polar surface area (TPSA) is 78.8 Å². The minimum absolute atomic E-state index is 0.122. The number of fused-ring (bicyclic) bond motifs is 3. The third kappa shape index (κ3) is 2.08. The Morgan fingerprint density at radius 1 is 1.10 bits per heavy atom. The fraction of sp³-hybridized carbons (Fsp3) is 1.00. The van der Waals surface area contributed by atoms with Crippen molar-refractivity contribution in [3.8, 4) is 0 Å². The van der Waals surface area contributed by atoms with Crippen molar-refractivity contribution in [3.05, 3.63) is 0 Å². The molecule has 0 aromatic heterocycles. The summed E-state index contributed by atoms with van der Waals surface area (Å²) in [5, 5.41) is 32.8. The molecule has 8 atom stereocenters. The van der Waals surface area contributed by atoms with Crippen molar-refractivity contribution < 1.29 is 29.9 Å². The van der Waals surface area contributed by atoms with Gasteiger partial charge < -0.3 is 15.3 Å². The average molecular weight is 302 g/mol. The molecule has 21 heavy (non-hydrogen) atoms. The van der Waals surface area contributed by atoms with Gasteiger partial charge in [-0.1, -0.05) is 27.7 Å². The molecule has 6 heteroatoms. The summed E-state index contributed by atoms with van der Waals surface area (Å²) in [5.74, 6) is -1.11. The number of ether oxygens (including phenoxy) is 1. The molecule has 0 aromatic carbocycles. The van der Waals surface area contributed by atoms with Gasteiger partial charge in [0.05, 0.1) is 6.54 Å². The van der Waals surface area contributed by atoms with Gasteiger partial charge in [0, 0.05) is 18.8 Å². The number of aliphatic hydroxyl groups is 3. The van der Waals surface area contributed by atoms with Crippen LogP contribution in [0.4, 0.5) is 0 Å². The van der Waals surface area contributed by atoms with Crippen LogP contribution in [-0.4, -0.2) is 58.4 Å². The minimum atomic E-state index is -1.38. The van der Waals surface area contributed by atoms with Gasteiger partial charge in [-0.05, 0) is 5.92 Å². The second-order valence-electron chi connectivity index (χ2n) is 7.66. The van der Waals surface area contributed by atoms with Crippen molar-refractivity contribution in [1.29, 1.82) is 0 Å². The van der Waals surface area contributed by atoms with Crippen molar-refractivity contribution in [1.82, 2.24) is 0 Å². The quantitative estimate of drug-likeness (QED) is 0.384. The van der Waals surface area contributed by atoms with E-state index in [1.54, 1.807) is 0 Å². The van der Waals surface area contributed by atoms with Gasteiger partial charge in [0.15, 0.2) is 6.04 Å². The Labute approximate surface area is 126 Å². The van der Waals surface area contributed by atoms with Gasteiger partial charge in [0.2, 0.25) is 18.5 Å². The zero-order valence-electron chi connectivity index (χ0n) is 13.4. The van der Waals surface area contributed by atoms with Crippen molar-refractivity contribution in [3.63, 3.8) is 0 Å². The zero-order valence-corrected chi connectivity index (χ0v) is 13.4. The third-order valence-corrected chi connectivity index (χ3v) is 5.69. The number of rotatable bonds is 2. The summed E-state index contributed by atoms with van der Waals surface area (Å²) in [6.07, 6.45) is 0.0624. The number of hydrogen-bond donors (Lipinski definition) is 5. The molecule has 0 saturated carbocycles. The molecule has 0 aliphatic carbocycles. The number of nitrogens with one attached hydrogen (secondary N) is 2. The highest BCUT2D eigenvalue weighted by molar-refractivity contribution is 4.87. The monoisotopic (exact) mass is 302 g/mol. The molecule has 6 nitrogen and oxygen atoms in total. The Morgan fingerprint density at radius 3 is 2.33 bits per heavy atom. The first kappa shape index (κ1) is 15.6. The van der Waals surface area contributed by atoms with Gasteiger partial charge in [-0.15, -0.1) is 0 Å². The lowest BCUT2D eigenvalue weighted by Gasteiger charge is -2.48. The van der Waals surface area contributed by atoms with E-state index in [1.165, 1.54) is 0 Å². The first-order valence-corrected chi connectivity index (χ1v) is 8.28. The van der Waals surface area contributed by atoms with Crippen LogP contribution in [0.15, 0.2) is 0 Å². The van der Waals surface area contributed by atoms with E-state index >= 15 is 0 Å². The predicted octanol–water partition coefficient (Wildman–Crippen LogP) is -2.71. The molecule has 0 amide bonds. The van der Waals surface area contributed by atoms with Gasteiger partial charge in [-0.25, -0.2) is 4.90 Å². The van der Waals surface area contributed by atoms with Gasteiger partial charge in [-0.2, -0.15) is 0 Å². The van der Waals surface area contributed by atoms with E-state index in [0.29, 0.717) is 4.90 Å². The normalized spacial score (nSPS) is 53.3. The summed E-state index contributed by atoms with van der Waals surface area (Å²) in [6, 6.07) is -0.381. The Morgan fingerprint density at radius 2 is 1.76 bits per heavy atom. The van der Waals surface area contributed by atoms with Crippen molar-refractivity contribution in [2.45, 2.75) is 77.1 Å². The van der Waals surface area contributed by atoms with Crippen LogP contribution >= 0.6 is 0 Å². The summed E-state index contributed by atoms with van der Waals surface area (Å²) < 4.78 is 6.01. The third-order valence-electron chi connectivity index (χ3n) is 5.69. The molecular formula is C15H30N2O4+2. The summed E-state index contributed by atoms with van der Waals surface area (Å²) in [7, 11) is 0. The molecule has 3 fully saturated rings. The minimum Gasteiger partial charge on any atom is -0.343 e. The summed E-state index contributed by atoms with van der Waals surface area (Å²) in [4.78, 5) is 1.65. The van der Waals surface area contributed by atoms with Crippen LogP contribution in [-0.2, 0) is 4.74 Å². The maximum absolute atomic E-state index is 11.3. The van der Waals surface area contributed by atoms with Crippen LogP contribution in [0.1, 0.15) is 40.5 Å². The predicted molar refractivity (Wildman–Crippen MR) is 75.1 cm³/mol. The first-order valence-electron chi connectivity index (χ1n) is 8.28. The Kier molecular flexibility index (Phi) is 3.83. The SMILES string of the molecule is CC(C)[C@@H]1[C@@H](O)[NH+]2CCC[C@@H]2[C@@]2(O)O[C@@H](C(C)C)[C@@H](O)[NH+]12. The van der Waals surface area contributed by atoms with Crippen molar-refractivity contribution in [2.75, 3.05) is 6.54 Å². The van der Waals surface area contributed by atoms with E-state index in [4.69, 9.17) is 4.74 Å². The number of hydrogen-bond acceptors (Lipinski definition) is 4. The maximum atomic E-state index is 11.3. The standard InChI is InChI=1S/C15H28N2O4/c1-8(2)11-13(18)16-7-5-6-10(16)15(20)17(11)14(19)12(21-15)9(3)4/h8-14,18-20H,5-7H2,1-4H3/p+2/t10-,11-,12+,13-,14-,15-/m1/s1. The lowest BCUT2D eigenvalue weighted by molar-refractivity contribution is -1.14. The first-order chi connectivity index (χ1) is 9.79. The summed E-state index contributed by atoms with van der Waals surface area (Å²) in [5.41, 5.74) is 0. The molecule has 5 N–H and O–H groups in total. The molecular weight excluding hydrogens is 272 g/mol. The molecule has 0 aromatic rings.